The molecule has 0 radical (unpaired) electrons. The molecule has 0 spiro atoms. The summed E-state index contributed by atoms with van der Waals surface area (Å²) < 4.78 is 0. The number of nitrogens with one attached hydrogen (secondary N) is 1. The van der Waals surface area contributed by atoms with E-state index in [1.54, 1.807) is 23.1 Å². The summed E-state index contributed by atoms with van der Waals surface area (Å²) in [6.07, 6.45) is 0.346. The van der Waals surface area contributed by atoms with Crippen LogP contribution in [-0.4, -0.2) is 42.9 Å². The molecule has 104 valence electrons. The molecule has 20 heavy (non-hydrogen) atoms. The molecule has 0 bridgehead atoms. The van der Waals surface area contributed by atoms with Gasteiger partial charge in [0, 0.05) is 37.2 Å². The van der Waals surface area contributed by atoms with Gasteiger partial charge in [0.2, 0.25) is 5.91 Å². The van der Waals surface area contributed by atoms with Gasteiger partial charge in [0.05, 0.1) is 6.54 Å². The molecule has 1 saturated heterocycles. The molecule has 0 aromatic heterocycles. The number of hydrogen-bond acceptors (Lipinski definition) is 3. The molecule has 2 rings (SSSR count). The van der Waals surface area contributed by atoms with E-state index in [0.717, 1.165) is 5.56 Å². The van der Waals surface area contributed by atoms with E-state index in [2.05, 4.69) is 17.2 Å². The van der Waals surface area contributed by atoms with Crippen LogP contribution in [-0.2, 0) is 4.79 Å². The molecule has 0 unspecified atom stereocenters. The molecule has 1 heterocycles. The normalized spacial score (nSPS) is 14.8. The smallest absolute Gasteiger partial charge is 0.253 e. The van der Waals surface area contributed by atoms with E-state index >= 15 is 0 Å². The molecule has 0 aliphatic carbocycles. The third kappa shape index (κ3) is 3.59. The lowest BCUT2D eigenvalue weighted by Crippen LogP contribution is -2.34. The quantitative estimate of drug-likeness (QED) is 0.704. The van der Waals surface area contributed by atoms with E-state index in [0.29, 0.717) is 31.6 Å². The SMILES string of the molecule is NCC#Cc1cccc(C(=O)N2CCNC(=O)CC2)c1. The molecular formula is C15H17N3O2. The van der Waals surface area contributed by atoms with Crippen LogP contribution in [0.1, 0.15) is 22.3 Å². The minimum Gasteiger partial charge on any atom is -0.354 e. The van der Waals surface area contributed by atoms with Gasteiger partial charge in [-0.25, -0.2) is 0 Å². The Balaban J connectivity index is 2.14. The first-order chi connectivity index (χ1) is 9.70. The van der Waals surface area contributed by atoms with E-state index < -0.39 is 0 Å². The molecule has 1 fully saturated rings. The summed E-state index contributed by atoms with van der Waals surface area (Å²) in [5.41, 5.74) is 6.69. The van der Waals surface area contributed by atoms with Crippen molar-refractivity contribution in [2.45, 2.75) is 6.42 Å². The van der Waals surface area contributed by atoms with Crippen LogP contribution in [0.3, 0.4) is 0 Å². The number of hydrogen-bond donors (Lipinski definition) is 2. The molecule has 1 aromatic rings. The molecule has 0 saturated carbocycles. The van der Waals surface area contributed by atoms with Crippen molar-refractivity contribution in [1.29, 1.82) is 0 Å². The first kappa shape index (κ1) is 14.1. The van der Waals surface area contributed by atoms with E-state index in [1.807, 2.05) is 6.07 Å². The highest BCUT2D eigenvalue weighted by Gasteiger charge is 2.19. The molecule has 1 aliphatic rings. The van der Waals surface area contributed by atoms with Crippen LogP contribution in [0.15, 0.2) is 24.3 Å². The van der Waals surface area contributed by atoms with Crippen LogP contribution in [0, 0.1) is 11.8 Å². The fourth-order valence-corrected chi connectivity index (χ4v) is 2.04. The molecular weight excluding hydrogens is 254 g/mol. The summed E-state index contributed by atoms with van der Waals surface area (Å²) in [5.74, 6) is 5.59. The average Bonchev–Trinajstić information content (AvgIpc) is 2.69. The highest BCUT2D eigenvalue weighted by molar-refractivity contribution is 5.95. The summed E-state index contributed by atoms with van der Waals surface area (Å²) >= 11 is 0. The Morgan fingerprint density at radius 1 is 1.40 bits per heavy atom. The maximum Gasteiger partial charge on any atom is 0.253 e. The van der Waals surface area contributed by atoms with Crippen molar-refractivity contribution in [2.24, 2.45) is 5.73 Å². The zero-order valence-electron chi connectivity index (χ0n) is 11.2. The van der Waals surface area contributed by atoms with Crippen LogP contribution in [0.4, 0.5) is 0 Å². The van der Waals surface area contributed by atoms with E-state index in [-0.39, 0.29) is 18.4 Å². The molecule has 0 atom stereocenters. The first-order valence-electron chi connectivity index (χ1n) is 6.55. The number of benzene rings is 1. The van der Waals surface area contributed by atoms with Crippen molar-refractivity contribution >= 4 is 11.8 Å². The van der Waals surface area contributed by atoms with E-state index in [9.17, 15) is 9.59 Å². The van der Waals surface area contributed by atoms with Gasteiger partial charge < -0.3 is 16.0 Å². The monoisotopic (exact) mass is 271 g/mol. The topological polar surface area (TPSA) is 75.4 Å². The van der Waals surface area contributed by atoms with Crippen LogP contribution < -0.4 is 11.1 Å². The molecule has 1 aromatic carbocycles. The van der Waals surface area contributed by atoms with Gasteiger partial charge in [0.1, 0.15) is 0 Å². The first-order valence-corrected chi connectivity index (χ1v) is 6.55. The molecule has 1 aliphatic heterocycles. The van der Waals surface area contributed by atoms with Gasteiger partial charge in [0.15, 0.2) is 0 Å². The Kier molecular flexibility index (Phi) is 4.75. The van der Waals surface area contributed by atoms with Gasteiger partial charge in [-0.2, -0.15) is 0 Å². The summed E-state index contributed by atoms with van der Waals surface area (Å²) in [6.45, 7) is 1.77. The Hall–Kier alpha value is -2.32. The summed E-state index contributed by atoms with van der Waals surface area (Å²) in [6, 6.07) is 7.16. The van der Waals surface area contributed by atoms with Gasteiger partial charge in [-0.1, -0.05) is 17.9 Å². The lowest BCUT2D eigenvalue weighted by molar-refractivity contribution is -0.120. The van der Waals surface area contributed by atoms with Gasteiger partial charge in [0.25, 0.3) is 5.91 Å². The van der Waals surface area contributed by atoms with Crippen LogP contribution in [0.5, 0.6) is 0 Å². The number of carbonyl (C=O) groups is 2. The highest BCUT2D eigenvalue weighted by Crippen LogP contribution is 2.09. The van der Waals surface area contributed by atoms with E-state index in [1.165, 1.54) is 0 Å². The fourth-order valence-electron chi connectivity index (χ4n) is 2.04. The number of amides is 2. The third-order valence-corrected chi connectivity index (χ3v) is 3.04. The van der Waals surface area contributed by atoms with Crippen molar-refractivity contribution in [1.82, 2.24) is 10.2 Å². The largest absolute Gasteiger partial charge is 0.354 e. The van der Waals surface area contributed by atoms with Crippen molar-refractivity contribution in [2.75, 3.05) is 26.2 Å². The van der Waals surface area contributed by atoms with Crippen LogP contribution in [0.25, 0.3) is 0 Å². The standard InChI is InChI=1S/C15H17N3O2/c16-7-2-4-12-3-1-5-13(11-12)15(20)18-9-6-14(19)17-8-10-18/h1,3,5,11H,6-10,16H2,(H,17,19). The molecule has 5 nitrogen and oxygen atoms in total. The molecule has 3 N–H and O–H groups in total. The predicted molar refractivity (Wildman–Crippen MR) is 75.9 cm³/mol. The third-order valence-electron chi connectivity index (χ3n) is 3.04. The lowest BCUT2D eigenvalue weighted by Gasteiger charge is -2.19. The predicted octanol–water partition coefficient (Wildman–Crippen LogP) is -0.0411. The molecule has 5 heteroatoms. The second-order valence-corrected chi connectivity index (χ2v) is 4.48. The number of rotatable bonds is 1. The second kappa shape index (κ2) is 6.73. The molecule has 2 amide bonds. The van der Waals surface area contributed by atoms with Crippen molar-refractivity contribution in [3.63, 3.8) is 0 Å². The minimum absolute atomic E-state index is 0.0112. The fraction of sp³-hybridized carbons (Fsp3) is 0.333. The summed E-state index contributed by atoms with van der Waals surface area (Å²) in [7, 11) is 0. The lowest BCUT2D eigenvalue weighted by atomic mass is 10.1. The second-order valence-electron chi connectivity index (χ2n) is 4.48. The van der Waals surface area contributed by atoms with Gasteiger partial charge >= 0.3 is 0 Å². The van der Waals surface area contributed by atoms with Crippen LogP contribution >= 0.6 is 0 Å². The Labute approximate surface area is 118 Å². The summed E-state index contributed by atoms with van der Waals surface area (Å²) in [5, 5.41) is 2.75. The minimum atomic E-state index is -0.0714. The van der Waals surface area contributed by atoms with Crippen molar-refractivity contribution in [3.8, 4) is 11.8 Å². The average molecular weight is 271 g/mol. The number of nitrogens with zero attached hydrogens (tertiary/aromatic N) is 1. The Morgan fingerprint density at radius 2 is 2.25 bits per heavy atom. The van der Waals surface area contributed by atoms with Crippen LogP contribution in [0.2, 0.25) is 0 Å². The summed E-state index contributed by atoms with van der Waals surface area (Å²) in [4.78, 5) is 25.4. The number of nitrogens with two attached hydrogens (primary N) is 1. The highest BCUT2D eigenvalue weighted by atomic mass is 16.2. The van der Waals surface area contributed by atoms with Crippen molar-refractivity contribution < 1.29 is 9.59 Å². The maximum atomic E-state index is 12.4. The van der Waals surface area contributed by atoms with E-state index in [4.69, 9.17) is 5.73 Å². The van der Waals surface area contributed by atoms with Crippen molar-refractivity contribution in [3.05, 3.63) is 35.4 Å². The number of carbonyl (C=O) groups excluding carboxylic acids is 2. The van der Waals surface area contributed by atoms with Gasteiger partial charge in [-0.05, 0) is 18.2 Å². The maximum absolute atomic E-state index is 12.4. The van der Waals surface area contributed by atoms with Gasteiger partial charge in [-0.15, -0.1) is 0 Å². The Morgan fingerprint density at radius 3 is 3.05 bits per heavy atom. The zero-order chi connectivity index (χ0) is 14.4. The zero-order valence-corrected chi connectivity index (χ0v) is 11.2. The van der Waals surface area contributed by atoms with Gasteiger partial charge in [-0.3, -0.25) is 9.59 Å². The Bertz CT molecular complexity index is 572.